The van der Waals surface area contributed by atoms with Crippen LogP contribution in [-0.4, -0.2) is 15.3 Å². The van der Waals surface area contributed by atoms with Gasteiger partial charge in [-0.15, -0.1) is 0 Å². The van der Waals surface area contributed by atoms with Crippen LogP contribution in [0.15, 0.2) is 14.6 Å². The monoisotopic (exact) mass is 195 g/mol. The summed E-state index contributed by atoms with van der Waals surface area (Å²) in [7, 11) is 3.05. The molecular weight excluding hydrogens is 182 g/mol. The first-order valence-corrected chi connectivity index (χ1v) is 4.26. The number of aromatic nitrogens is 2. The maximum Gasteiger partial charge on any atom is 0.332 e. The molecule has 0 saturated carbocycles. The van der Waals surface area contributed by atoms with Crippen LogP contribution in [0.3, 0.4) is 0 Å². The van der Waals surface area contributed by atoms with Gasteiger partial charge >= 0.3 is 5.69 Å². The van der Waals surface area contributed by atoms with Gasteiger partial charge in [-0.1, -0.05) is 0 Å². The Morgan fingerprint density at radius 2 is 1.79 bits per heavy atom. The molecule has 0 saturated heterocycles. The van der Waals surface area contributed by atoms with Gasteiger partial charge in [0.1, 0.15) is 5.82 Å². The zero-order valence-electron chi connectivity index (χ0n) is 8.74. The topological polar surface area (TPSA) is 56.4 Å². The van der Waals surface area contributed by atoms with E-state index >= 15 is 0 Å². The third kappa shape index (κ3) is 1.41. The molecule has 0 spiro atoms. The summed E-state index contributed by atoms with van der Waals surface area (Å²) in [6, 6.07) is 0. The van der Waals surface area contributed by atoms with Gasteiger partial charge in [-0.25, -0.2) is 9.79 Å². The highest BCUT2D eigenvalue weighted by molar-refractivity contribution is 5.59. The lowest BCUT2D eigenvalue weighted by atomic mass is 10.3. The summed E-state index contributed by atoms with van der Waals surface area (Å²) >= 11 is 0. The summed E-state index contributed by atoms with van der Waals surface area (Å²) in [4.78, 5) is 27.0. The largest absolute Gasteiger partial charge is 0.332 e. The standard InChI is InChI=1S/C9H13N3O2/c1-5-10-7-6(2)8(13)12(4)9(14)11(7)3/h5H,1-4H3/b10-5-. The molecule has 0 amide bonds. The Balaban J connectivity index is 3.78. The zero-order valence-corrected chi connectivity index (χ0v) is 8.74. The van der Waals surface area contributed by atoms with Crippen LogP contribution >= 0.6 is 0 Å². The average Bonchev–Trinajstić information content (AvgIpc) is 2.19. The third-order valence-electron chi connectivity index (χ3n) is 2.10. The van der Waals surface area contributed by atoms with E-state index in [0.29, 0.717) is 11.4 Å². The molecule has 0 aliphatic carbocycles. The fourth-order valence-electron chi connectivity index (χ4n) is 1.31. The van der Waals surface area contributed by atoms with Gasteiger partial charge < -0.3 is 0 Å². The fraction of sp³-hybridized carbons (Fsp3) is 0.444. The van der Waals surface area contributed by atoms with Gasteiger partial charge in [0, 0.05) is 20.3 Å². The van der Waals surface area contributed by atoms with Crippen LogP contribution in [0, 0.1) is 6.92 Å². The Kier molecular flexibility index (Phi) is 2.69. The van der Waals surface area contributed by atoms with Gasteiger partial charge in [0.15, 0.2) is 0 Å². The quantitative estimate of drug-likeness (QED) is 0.597. The van der Waals surface area contributed by atoms with Crippen molar-refractivity contribution in [1.29, 1.82) is 0 Å². The van der Waals surface area contributed by atoms with E-state index in [0.717, 1.165) is 4.57 Å². The van der Waals surface area contributed by atoms with E-state index in [1.165, 1.54) is 11.6 Å². The number of hydrogen-bond donors (Lipinski definition) is 0. The van der Waals surface area contributed by atoms with Crippen molar-refractivity contribution in [2.75, 3.05) is 0 Å². The number of rotatable bonds is 1. The maximum absolute atomic E-state index is 11.5. The summed E-state index contributed by atoms with van der Waals surface area (Å²) < 4.78 is 2.43. The van der Waals surface area contributed by atoms with Crippen LogP contribution in [0.5, 0.6) is 0 Å². The van der Waals surface area contributed by atoms with Crippen molar-refractivity contribution in [3.05, 3.63) is 26.4 Å². The Hall–Kier alpha value is -1.65. The van der Waals surface area contributed by atoms with E-state index < -0.39 is 0 Å². The smallest absolute Gasteiger partial charge is 0.281 e. The zero-order chi connectivity index (χ0) is 10.9. The molecule has 5 heteroatoms. The van der Waals surface area contributed by atoms with E-state index in [2.05, 4.69) is 4.99 Å². The minimum absolute atomic E-state index is 0.297. The highest BCUT2D eigenvalue weighted by atomic mass is 16.2. The highest BCUT2D eigenvalue weighted by Gasteiger charge is 2.09. The highest BCUT2D eigenvalue weighted by Crippen LogP contribution is 2.09. The second-order valence-corrected chi connectivity index (χ2v) is 3.04. The normalized spacial score (nSPS) is 11.1. The molecule has 0 aliphatic rings. The molecule has 1 rings (SSSR count). The number of aliphatic imine (C=N–C) groups is 1. The molecule has 0 unspecified atom stereocenters. The average molecular weight is 195 g/mol. The van der Waals surface area contributed by atoms with Gasteiger partial charge in [-0.2, -0.15) is 0 Å². The summed E-state index contributed by atoms with van der Waals surface area (Å²) in [5.74, 6) is 0.417. The molecule has 5 nitrogen and oxygen atoms in total. The van der Waals surface area contributed by atoms with Crippen LogP contribution in [0.2, 0.25) is 0 Å². The summed E-state index contributed by atoms with van der Waals surface area (Å²) in [5, 5.41) is 0. The molecule has 0 N–H and O–H groups in total. The van der Waals surface area contributed by atoms with Gasteiger partial charge in [-0.05, 0) is 13.8 Å². The van der Waals surface area contributed by atoms with E-state index in [1.54, 1.807) is 27.1 Å². The van der Waals surface area contributed by atoms with Gasteiger partial charge in [0.25, 0.3) is 5.56 Å². The van der Waals surface area contributed by atoms with Crippen molar-refractivity contribution in [2.24, 2.45) is 19.1 Å². The molecule has 1 aromatic rings. The summed E-state index contributed by atoms with van der Waals surface area (Å²) in [6.07, 6.45) is 1.56. The van der Waals surface area contributed by atoms with Gasteiger partial charge in [-0.3, -0.25) is 13.9 Å². The van der Waals surface area contributed by atoms with E-state index in [4.69, 9.17) is 0 Å². The molecule has 76 valence electrons. The summed E-state index contributed by atoms with van der Waals surface area (Å²) in [5.41, 5.74) is -0.178. The van der Waals surface area contributed by atoms with Crippen molar-refractivity contribution < 1.29 is 0 Å². The molecular formula is C9H13N3O2. The first kappa shape index (κ1) is 10.4. The van der Waals surface area contributed by atoms with Crippen LogP contribution in [0.4, 0.5) is 5.82 Å². The van der Waals surface area contributed by atoms with Crippen molar-refractivity contribution in [3.8, 4) is 0 Å². The first-order chi connectivity index (χ1) is 6.50. The van der Waals surface area contributed by atoms with E-state index in [9.17, 15) is 9.59 Å². The van der Waals surface area contributed by atoms with Crippen molar-refractivity contribution >= 4 is 12.0 Å². The van der Waals surface area contributed by atoms with Crippen molar-refractivity contribution in [1.82, 2.24) is 9.13 Å². The second-order valence-electron chi connectivity index (χ2n) is 3.04. The first-order valence-electron chi connectivity index (χ1n) is 4.26. The molecule has 0 fully saturated rings. The number of hydrogen-bond acceptors (Lipinski definition) is 3. The third-order valence-corrected chi connectivity index (χ3v) is 2.10. The van der Waals surface area contributed by atoms with E-state index in [1.807, 2.05) is 0 Å². The summed E-state index contributed by atoms with van der Waals surface area (Å²) in [6.45, 7) is 3.39. The Labute approximate surface area is 81.3 Å². The van der Waals surface area contributed by atoms with Crippen LogP contribution in [0.1, 0.15) is 12.5 Å². The molecule has 1 aromatic heterocycles. The van der Waals surface area contributed by atoms with Crippen LogP contribution in [-0.2, 0) is 14.1 Å². The molecule has 0 radical (unpaired) electrons. The predicted molar refractivity (Wildman–Crippen MR) is 55.5 cm³/mol. The van der Waals surface area contributed by atoms with Crippen LogP contribution in [0.25, 0.3) is 0 Å². The maximum atomic E-state index is 11.5. The van der Waals surface area contributed by atoms with E-state index in [-0.39, 0.29) is 11.2 Å². The lowest BCUT2D eigenvalue weighted by Crippen LogP contribution is -2.38. The van der Waals surface area contributed by atoms with Crippen LogP contribution < -0.4 is 11.2 Å². The number of nitrogens with zero attached hydrogens (tertiary/aromatic N) is 3. The Morgan fingerprint density at radius 3 is 2.29 bits per heavy atom. The van der Waals surface area contributed by atoms with Gasteiger partial charge in [0.05, 0.1) is 5.56 Å². The minimum atomic E-state index is -0.360. The molecule has 0 bridgehead atoms. The SMILES string of the molecule is C/C=N\c1c(C)c(=O)n(C)c(=O)n1C. The Morgan fingerprint density at radius 1 is 1.21 bits per heavy atom. The van der Waals surface area contributed by atoms with Crippen molar-refractivity contribution in [2.45, 2.75) is 13.8 Å². The molecule has 0 aromatic carbocycles. The van der Waals surface area contributed by atoms with Crippen molar-refractivity contribution in [3.63, 3.8) is 0 Å². The molecule has 0 atom stereocenters. The molecule has 0 aliphatic heterocycles. The molecule has 1 heterocycles. The molecule has 14 heavy (non-hydrogen) atoms. The Bertz CT molecular complexity index is 457. The predicted octanol–water partition coefficient (Wildman–Crippen LogP) is 0.115. The lowest BCUT2D eigenvalue weighted by Gasteiger charge is -2.07. The van der Waals surface area contributed by atoms with Gasteiger partial charge in [0.2, 0.25) is 0 Å². The second kappa shape index (κ2) is 3.61. The minimum Gasteiger partial charge on any atom is -0.281 e. The lowest BCUT2D eigenvalue weighted by molar-refractivity contribution is 0.680. The fourth-order valence-corrected chi connectivity index (χ4v) is 1.31.